The van der Waals surface area contributed by atoms with Crippen molar-refractivity contribution in [2.24, 2.45) is 11.7 Å². The molecule has 7 heteroatoms. The average molecular weight is 349 g/mol. The first-order chi connectivity index (χ1) is 8.97. The Balaban J connectivity index is 2.21. The molecule has 5 nitrogen and oxygen atoms in total. The van der Waals surface area contributed by atoms with E-state index >= 15 is 0 Å². The Hall–Kier alpha value is -0.630. The zero-order valence-electron chi connectivity index (χ0n) is 10.6. The summed E-state index contributed by atoms with van der Waals surface area (Å²) in [5.74, 6) is 0.970. The maximum absolute atomic E-state index is 12.3. The number of halogens is 1. The van der Waals surface area contributed by atoms with Crippen molar-refractivity contribution in [3.63, 3.8) is 0 Å². The summed E-state index contributed by atoms with van der Waals surface area (Å²) in [5, 5.41) is 0. The standard InChI is InChI=1S/C12H17BrN2O3S/c1-18-12-5-4-9(6-10(12)13)19(16,17)15-11(7-14)8-2-3-8/h4-6,8,11,15H,2-3,7,14H2,1H3. The number of methoxy groups -OCH3 is 1. The topological polar surface area (TPSA) is 81.4 Å². The molecular formula is C12H17BrN2O3S. The highest BCUT2D eigenvalue weighted by Gasteiger charge is 2.33. The van der Waals surface area contributed by atoms with E-state index in [9.17, 15) is 8.42 Å². The van der Waals surface area contributed by atoms with E-state index in [0.717, 1.165) is 12.8 Å². The zero-order valence-corrected chi connectivity index (χ0v) is 13.0. The molecule has 1 unspecified atom stereocenters. The molecule has 0 heterocycles. The molecule has 0 aliphatic heterocycles. The molecule has 1 aliphatic carbocycles. The molecule has 2 rings (SSSR count). The molecule has 1 aliphatic rings. The molecule has 0 saturated heterocycles. The van der Waals surface area contributed by atoms with Crippen LogP contribution in [0.2, 0.25) is 0 Å². The van der Waals surface area contributed by atoms with Crippen LogP contribution in [0.1, 0.15) is 12.8 Å². The van der Waals surface area contributed by atoms with Crippen LogP contribution in [0.5, 0.6) is 5.75 Å². The minimum Gasteiger partial charge on any atom is -0.496 e. The number of hydrogen-bond acceptors (Lipinski definition) is 4. The van der Waals surface area contributed by atoms with Gasteiger partial charge in [0.05, 0.1) is 16.5 Å². The molecule has 0 bridgehead atoms. The van der Waals surface area contributed by atoms with Crippen LogP contribution in [-0.4, -0.2) is 28.1 Å². The van der Waals surface area contributed by atoms with Crippen molar-refractivity contribution >= 4 is 26.0 Å². The van der Waals surface area contributed by atoms with Crippen molar-refractivity contribution < 1.29 is 13.2 Å². The summed E-state index contributed by atoms with van der Waals surface area (Å²) in [4.78, 5) is 0.208. The van der Waals surface area contributed by atoms with Crippen LogP contribution in [0.3, 0.4) is 0 Å². The Morgan fingerprint density at radius 1 is 1.53 bits per heavy atom. The Morgan fingerprint density at radius 3 is 2.68 bits per heavy atom. The maximum Gasteiger partial charge on any atom is 0.240 e. The van der Waals surface area contributed by atoms with E-state index in [4.69, 9.17) is 10.5 Å². The largest absolute Gasteiger partial charge is 0.496 e. The van der Waals surface area contributed by atoms with E-state index < -0.39 is 10.0 Å². The minimum absolute atomic E-state index is 0.175. The molecule has 0 radical (unpaired) electrons. The summed E-state index contributed by atoms with van der Waals surface area (Å²) in [6, 6.07) is 4.49. The number of rotatable bonds is 6. The monoisotopic (exact) mass is 348 g/mol. The fourth-order valence-electron chi connectivity index (χ4n) is 1.92. The SMILES string of the molecule is COc1ccc(S(=O)(=O)NC(CN)C2CC2)cc1Br. The summed E-state index contributed by atoms with van der Waals surface area (Å²) in [5.41, 5.74) is 5.62. The molecule has 106 valence electrons. The molecule has 1 saturated carbocycles. The lowest BCUT2D eigenvalue weighted by molar-refractivity contribution is 0.411. The normalized spacial score (nSPS) is 17.2. The average Bonchev–Trinajstić information content (AvgIpc) is 3.20. The second kappa shape index (κ2) is 5.78. The number of ether oxygens (including phenoxy) is 1. The minimum atomic E-state index is -3.54. The highest BCUT2D eigenvalue weighted by molar-refractivity contribution is 9.10. The molecule has 19 heavy (non-hydrogen) atoms. The van der Waals surface area contributed by atoms with Gasteiger partial charge in [-0.25, -0.2) is 13.1 Å². The van der Waals surface area contributed by atoms with Gasteiger partial charge in [0.15, 0.2) is 0 Å². The summed E-state index contributed by atoms with van der Waals surface area (Å²) in [6.45, 7) is 0.321. The number of benzene rings is 1. The highest BCUT2D eigenvalue weighted by atomic mass is 79.9. The van der Waals surface area contributed by atoms with Gasteiger partial charge in [0.2, 0.25) is 10.0 Å². The van der Waals surface area contributed by atoms with Gasteiger partial charge in [0.1, 0.15) is 5.75 Å². The molecule has 0 amide bonds. The molecule has 3 N–H and O–H groups in total. The summed E-state index contributed by atoms with van der Waals surface area (Å²) in [6.07, 6.45) is 2.08. The lowest BCUT2D eigenvalue weighted by Crippen LogP contribution is -2.41. The van der Waals surface area contributed by atoms with E-state index in [1.807, 2.05) is 0 Å². The van der Waals surface area contributed by atoms with Gasteiger partial charge in [-0.1, -0.05) is 0 Å². The third-order valence-corrected chi connectivity index (χ3v) is 5.29. The van der Waals surface area contributed by atoms with Crippen LogP contribution in [0.15, 0.2) is 27.6 Å². The van der Waals surface area contributed by atoms with Crippen LogP contribution in [0.4, 0.5) is 0 Å². The van der Waals surface area contributed by atoms with E-state index in [-0.39, 0.29) is 10.9 Å². The van der Waals surface area contributed by atoms with Gasteiger partial charge in [-0.05, 0) is 52.9 Å². The summed E-state index contributed by atoms with van der Waals surface area (Å²) < 4.78 is 32.9. The first-order valence-corrected chi connectivity index (χ1v) is 8.31. The molecule has 0 spiro atoms. The molecule has 1 atom stereocenters. The van der Waals surface area contributed by atoms with Crippen LogP contribution in [0.25, 0.3) is 0 Å². The third kappa shape index (κ3) is 3.47. The quantitative estimate of drug-likeness (QED) is 0.815. The number of hydrogen-bond donors (Lipinski definition) is 2. The maximum atomic E-state index is 12.3. The second-order valence-electron chi connectivity index (χ2n) is 4.60. The first-order valence-electron chi connectivity index (χ1n) is 6.04. The number of sulfonamides is 1. The highest BCUT2D eigenvalue weighted by Crippen LogP contribution is 2.33. The van der Waals surface area contributed by atoms with Gasteiger partial charge in [-0.2, -0.15) is 0 Å². The van der Waals surface area contributed by atoms with E-state index in [1.165, 1.54) is 19.2 Å². The lowest BCUT2D eigenvalue weighted by atomic mass is 10.2. The number of nitrogens with two attached hydrogens (primary N) is 1. The van der Waals surface area contributed by atoms with E-state index in [2.05, 4.69) is 20.7 Å². The lowest BCUT2D eigenvalue weighted by Gasteiger charge is -2.16. The van der Waals surface area contributed by atoms with Gasteiger partial charge in [-0.15, -0.1) is 0 Å². The Morgan fingerprint density at radius 2 is 2.21 bits per heavy atom. The van der Waals surface area contributed by atoms with Gasteiger partial charge >= 0.3 is 0 Å². The van der Waals surface area contributed by atoms with E-state index in [0.29, 0.717) is 22.7 Å². The van der Waals surface area contributed by atoms with Gasteiger partial charge < -0.3 is 10.5 Å². The van der Waals surface area contributed by atoms with Gasteiger partial charge in [0, 0.05) is 12.6 Å². The Labute approximate surface area is 121 Å². The smallest absolute Gasteiger partial charge is 0.240 e. The summed E-state index contributed by atoms with van der Waals surface area (Å²) >= 11 is 3.28. The fourth-order valence-corrected chi connectivity index (χ4v) is 3.95. The number of nitrogens with one attached hydrogen (secondary N) is 1. The Bertz CT molecular complexity index is 558. The predicted octanol–water partition coefficient (Wildman–Crippen LogP) is 1.47. The fraction of sp³-hybridized carbons (Fsp3) is 0.500. The zero-order chi connectivity index (χ0) is 14.0. The molecule has 1 fully saturated rings. The van der Waals surface area contributed by atoms with Gasteiger partial charge in [0.25, 0.3) is 0 Å². The van der Waals surface area contributed by atoms with Crippen molar-refractivity contribution in [1.82, 2.24) is 4.72 Å². The van der Waals surface area contributed by atoms with Crippen LogP contribution < -0.4 is 15.2 Å². The van der Waals surface area contributed by atoms with Crippen LogP contribution in [0, 0.1) is 5.92 Å². The van der Waals surface area contributed by atoms with Crippen LogP contribution >= 0.6 is 15.9 Å². The molecule has 1 aromatic carbocycles. The van der Waals surface area contributed by atoms with E-state index in [1.54, 1.807) is 6.07 Å². The third-order valence-electron chi connectivity index (χ3n) is 3.19. The molecular weight excluding hydrogens is 332 g/mol. The van der Waals surface area contributed by atoms with Crippen molar-refractivity contribution in [1.29, 1.82) is 0 Å². The van der Waals surface area contributed by atoms with Crippen molar-refractivity contribution in [3.05, 3.63) is 22.7 Å². The predicted molar refractivity (Wildman–Crippen MR) is 76.6 cm³/mol. The molecule has 0 aromatic heterocycles. The summed E-state index contributed by atoms with van der Waals surface area (Å²) in [7, 11) is -2.01. The van der Waals surface area contributed by atoms with Crippen molar-refractivity contribution in [2.75, 3.05) is 13.7 Å². The first kappa shape index (κ1) is 14.8. The van der Waals surface area contributed by atoms with Gasteiger partial charge in [-0.3, -0.25) is 0 Å². The Kier molecular flexibility index (Phi) is 4.50. The molecule has 1 aromatic rings. The van der Waals surface area contributed by atoms with Crippen molar-refractivity contribution in [2.45, 2.75) is 23.8 Å². The second-order valence-corrected chi connectivity index (χ2v) is 7.17. The van der Waals surface area contributed by atoms with Crippen LogP contribution in [-0.2, 0) is 10.0 Å². The van der Waals surface area contributed by atoms with Crippen molar-refractivity contribution in [3.8, 4) is 5.75 Å².